The first-order valence-electron chi connectivity index (χ1n) is 9.17. The molecule has 0 unspecified atom stereocenters. The predicted octanol–water partition coefficient (Wildman–Crippen LogP) is 3.23. The zero-order chi connectivity index (χ0) is 21.4. The number of amides is 2. The van der Waals surface area contributed by atoms with Crippen LogP contribution >= 0.6 is 0 Å². The molecule has 152 valence electrons. The van der Waals surface area contributed by atoms with Gasteiger partial charge in [-0.25, -0.2) is 5.43 Å². The molecule has 2 aromatic carbocycles. The van der Waals surface area contributed by atoms with E-state index in [4.69, 9.17) is 4.74 Å². The van der Waals surface area contributed by atoms with Crippen LogP contribution in [-0.4, -0.2) is 29.7 Å². The van der Waals surface area contributed by atoms with Crippen molar-refractivity contribution in [3.05, 3.63) is 65.2 Å². The first-order valence-corrected chi connectivity index (χ1v) is 9.17. The quantitative estimate of drug-likeness (QED) is 0.290. The lowest BCUT2D eigenvalue weighted by molar-refractivity contribution is -0.136. The number of nitrogens with one attached hydrogen (secondary N) is 2. The molecule has 0 atom stereocenters. The lowest BCUT2D eigenvalue weighted by Crippen LogP contribution is -2.32. The highest BCUT2D eigenvalue weighted by atomic mass is 16.5. The van der Waals surface area contributed by atoms with Crippen molar-refractivity contribution < 1.29 is 19.4 Å². The number of aryl methyl sites for hydroxylation is 2. The van der Waals surface area contributed by atoms with E-state index in [9.17, 15) is 14.7 Å². The minimum atomic E-state index is -0.894. The van der Waals surface area contributed by atoms with Crippen molar-refractivity contribution in [2.45, 2.75) is 27.2 Å². The van der Waals surface area contributed by atoms with Crippen LogP contribution in [0.5, 0.6) is 11.5 Å². The summed E-state index contributed by atoms with van der Waals surface area (Å²) in [6.45, 7) is 9.74. The molecule has 2 rings (SSSR count). The molecular formula is C22H25N3O4. The summed E-state index contributed by atoms with van der Waals surface area (Å²) < 4.78 is 5.42. The molecule has 0 bridgehead atoms. The molecule has 7 heteroatoms. The van der Waals surface area contributed by atoms with Crippen LogP contribution in [-0.2, 0) is 16.0 Å². The SMILES string of the molecule is C=CCc1cc(/C=N/NC(=O)C(=O)Nc2ccc(C)c(C)c2)cc(OCC)c1O. The van der Waals surface area contributed by atoms with Gasteiger partial charge < -0.3 is 15.2 Å². The number of benzene rings is 2. The molecule has 3 N–H and O–H groups in total. The first kappa shape index (κ1) is 21.7. The molecule has 2 amide bonds. The molecule has 0 aliphatic heterocycles. The van der Waals surface area contributed by atoms with E-state index in [0.717, 1.165) is 11.1 Å². The molecule has 0 saturated carbocycles. The van der Waals surface area contributed by atoms with E-state index in [-0.39, 0.29) is 5.75 Å². The van der Waals surface area contributed by atoms with Crippen LogP contribution in [0.1, 0.15) is 29.2 Å². The van der Waals surface area contributed by atoms with Gasteiger partial charge in [0.25, 0.3) is 0 Å². The van der Waals surface area contributed by atoms with Crippen molar-refractivity contribution in [1.82, 2.24) is 5.43 Å². The van der Waals surface area contributed by atoms with E-state index in [1.165, 1.54) is 6.21 Å². The summed E-state index contributed by atoms with van der Waals surface area (Å²) in [4.78, 5) is 24.0. The fraction of sp³-hybridized carbons (Fsp3) is 0.227. The Bertz CT molecular complexity index is 951. The lowest BCUT2D eigenvalue weighted by atomic mass is 10.1. The van der Waals surface area contributed by atoms with E-state index < -0.39 is 11.8 Å². The van der Waals surface area contributed by atoms with Gasteiger partial charge in [-0.1, -0.05) is 12.1 Å². The summed E-state index contributed by atoms with van der Waals surface area (Å²) in [6, 6.07) is 8.67. The Morgan fingerprint density at radius 2 is 1.93 bits per heavy atom. The van der Waals surface area contributed by atoms with Gasteiger partial charge in [0.15, 0.2) is 11.5 Å². The second-order valence-electron chi connectivity index (χ2n) is 6.40. The molecule has 29 heavy (non-hydrogen) atoms. The molecule has 0 spiro atoms. The van der Waals surface area contributed by atoms with Gasteiger partial charge in [-0.2, -0.15) is 5.10 Å². The van der Waals surface area contributed by atoms with Crippen molar-refractivity contribution in [1.29, 1.82) is 0 Å². The number of hydrogen-bond donors (Lipinski definition) is 3. The predicted molar refractivity (Wildman–Crippen MR) is 113 cm³/mol. The van der Waals surface area contributed by atoms with Crippen LogP contribution in [0.25, 0.3) is 0 Å². The van der Waals surface area contributed by atoms with Crippen LogP contribution in [0.4, 0.5) is 5.69 Å². The van der Waals surface area contributed by atoms with Crippen molar-refractivity contribution >= 4 is 23.7 Å². The second-order valence-corrected chi connectivity index (χ2v) is 6.40. The van der Waals surface area contributed by atoms with Crippen molar-refractivity contribution in [2.75, 3.05) is 11.9 Å². The summed E-state index contributed by atoms with van der Waals surface area (Å²) in [5.41, 5.74) is 6.03. The monoisotopic (exact) mass is 395 g/mol. The summed E-state index contributed by atoms with van der Waals surface area (Å²) in [5.74, 6) is -1.36. The van der Waals surface area contributed by atoms with Crippen molar-refractivity contribution in [3.63, 3.8) is 0 Å². The topological polar surface area (TPSA) is 100 Å². The number of aromatic hydroxyl groups is 1. The highest BCUT2D eigenvalue weighted by molar-refractivity contribution is 6.39. The normalized spacial score (nSPS) is 10.6. The molecule has 0 aromatic heterocycles. The number of phenols is 1. The minimum absolute atomic E-state index is 0.0423. The van der Waals surface area contributed by atoms with Gasteiger partial charge in [0.1, 0.15) is 0 Å². The number of nitrogens with zero attached hydrogens (tertiary/aromatic N) is 1. The van der Waals surface area contributed by atoms with E-state index in [0.29, 0.717) is 35.6 Å². The fourth-order valence-corrected chi connectivity index (χ4v) is 2.56. The number of anilines is 1. The third kappa shape index (κ3) is 5.93. The number of hydrazone groups is 1. The maximum absolute atomic E-state index is 12.0. The van der Waals surface area contributed by atoms with Gasteiger partial charge in [-0.15, -0.1) is 6.58 Å². The average Bonchev–Trinajstić information content (AvgIpc) is 2.68. The zero-order valence-electron chi connectivity index (χ0n) is 16.8. The molecule has 2 aromatic rings. The van der Waals surface area contributed by atoms with Crippen molar-refractivity contribution in [3.8, 4) is 11.5 Å². The van der Waals surface area contributed by atoms with E-state index >= 15 is 0 Å². The van der Waals surface area contributed by atoms with Crippen molar-refractivity contribution in [2.24, 2.45) is 5.10 Å². The second kappa shape index (κ2) is 10.1. The highest BCUT2D eigenvalue weighted by Gasteiger charge is 2.13. The van der Waals surface area contributed by atoms with Gasteiger partial charge in [-0.3, -0.25) is 9.59 Å². The summed E-state index contributed by atoms with van der Waals surface area (Å²) >= 11 is 0. The van der Waals surface area contributed by atoms with E-state index in [1.807, 2.05) is 26.8 Å². The van der Waals surface area contributed by atoms with Gasteiger partial charge in [0, 0.05) is 11.3 Å². The smallest absolute Gasteiger partial charge is 0.329 e. The van der Waals surface area contributed by atoms with Gasteiger partial charge in [-0.05, 0) is 68.1 Å². The highest BCUT2D eigenvalue weighted by Crippen LogP contribution is 2.31. The minimum Gasteiger partial charge on any atom is -0.504 e. The molecule has 0 aliphatic rings. The van der Waals surface area contributed by atoms with E-state index in [1.54, 1.807) is 30.3 Å². The third-order valence-electron chi connectivity index (χ3n) is 4.19. The van der Waals surface area contributed by atoms with E-state index in [2.05, 4.69) is 22.4 Å². The number of carbonyl (C=O) groups is 2. The van der Waals surface area contributed by atoms with Crippen LogP contribution in [0.15, 0.2) is 48.1 Å². The number of allylic oxidation sites excluding steroid dienone is 1. The molecule has 0 fully saturated rings. The van der Waals surface area contributed by atoms with Crippen LogP contribution in [0.3, 0.4) is 0 Å². The average molecular weight is 395 g/mol. The van der Waals surface area contributed by atoms with Crippen LogP contribution in [0, 0.1) is 13.8 Å². The lowest BCUT2D eigenvalue weighted by Gasteiger charge is -2.10. The fourth-order valence-electron chi connectivity index (χ4n) is 2.56. The van der Waals surface area contributed by atoms with Gasteiger partial charge in [0.05, 0.1) is 12.8 Å². The number of rotatable bonds is 7. The summed E-state index contributed by atoms with van der Waals surface area (Å²) in [5, 5.41) is 16.5. The Labute approximate surface area is 170 Å². The van der Waals surface area contributed by atoms with Gasteiger partial charge in [0.2, 0.25) is 0 Å². The molecule has 0 heterocycles. The van der Waals surface area contributed by atoms with Gasteiger partial charge >= 0.3 is 11.8 Å². The number of phenolic OH excluding ortho intramolecular Hbond substituents is 1. The summed E-state index contributed by atoms with van der Waals surface area (Å²) in [6.07, 6.45) is 3.47. The zero-order valence-corrected chi connectivity index (χ0v) is 16.8. The molecule has 0 radical (unpaired) electrons. The molecule has 0 saturated heterocycles. The Morgan fingerprint density at radius 3 is 2.59 bits per heavy atom. The van der Waals surface area contributed by atoms with Crippen LogP contribution in [0.2, 0.25) is 0 Å². The maximum atomic E-state index is 12.0. The van der Waals surface area contributed by atoms with Crippen LogP contribution < -0.4 is 15.5 Å². The summed E-state index contributed by atoms with van der Waals surface area (Å²) in [7, 11) is 0. The molecular weight excluding hydrogens is 370 g/mol. The number of hydrogen-bond acceptors (Lipinski definition) is 5. The standard InChI is InChI=1S/C22H25N3O4/c1-5-7-17-11-16(12-19(20(17)26)29-6-2)13-23-25-22(28)21(27)24-18-9-8-14(3)15(4)10-18/h5,8-13,26H,1,6-7H2,2-4H3,(H,24,27)(H,25,28)/b23-13+. The third-order valence-corrected chi connectivity index (χ3v) is 4.19. The number of ether oxygens (including phenoxy) is 1. The maximum Gasteiger partial charge on any atom is 0.329 e. The Kier molecular flexibility index (Phi) is 7.54. The number of carbonyl (C=O) groups excluding carboxylic acids is 2. The molecule has 7 nitrogen and oxygen atoms in total. The Morgan fingerprint density at radius 1 is 1.17 bits per heavy atom. The largest absolute Gasteiger partial charge is 0.504 e. The molecule has 0 aliphatic carbocycles. The Hall–Kier alpha value is -3.61. The Balaban J connectivity index is 2.05. The first-order chi connectivity index (χ1) is 13.8.